The lowest BCUT2D eigenvalue weighted by molar-refractivity contribution is 0.253. The maximum atomic E-state index is 13.2. The number of anilines is 2. The van der Waals surface area contributed by atoms with Crippen LogP contribution in [-0.2, 0) is 20.0 Å². The van der Waals surface area contributed by atoms with E-state index in [4.69, 9.17) is 23.2 Å². The van der Waals surface area contributed by atoms with E-state index in [0.29, 0.717) is 19.5 Å². The summed E-state index contributed by atoms with van der Waals surface area (Å²) in [5.41, 5.74) is 0. The average Bonchev–Trinajstić information content (AvgIpc) is 3.90. The largest absolute Gasteiger partial charge is 0.353 e. The van der Waals surface area contributed by atoms with Crippen molar-refractivity contribution in [1.82, 2.24) is 28.0 Å². The molecule has 4 heterocycles. The SMILES string of the molecule is O=S(=O)(NCCCCN1CCN(c2nsc3ccccc23)CC1)c1ccc(F)c(Cl)c1.O=S(=O)(NCCCN1CCN(c2nsc3ccccc23)CC1)c1ccc(F)c(Cl)c1. The van der Waals surface area contributed by atoms with E-state index in [2.05, 4.69) is 68.1 Å². The molecule has 0 spiro atoms. The van der Waals surface area contributed by atoms with Gasteiger partial charge in [0.15, 0.2) is 0 Å². The van der Waals surface area contributed by atoms with Crippen molar-refractivity contribution in [2.45, 2.75) is 29.1 Å². The average molecular weight is 952 g/mol. The molecule has 20 heteroatoms. The standard InChI is InChI=1S/C21H24ClFN4O2S2.C20H22ClFN4O2S2/c22-18-15-16(7-8-19(18)23)31(28,29)24-9-3-4-10-26-11-13-27(14-12-26)21-17-5-1-2-6-20(17)30-25-21;21-17-14-15(6-7-18(17)22)30(27,28)23-8-3-9-25-10-12-26(13-11-25)20-16-4-1-2-5-19(16)29-24-20/h1-2,5-8,15,24H,3-4,9-14H2;1-2,4-7,14,23H,3,8-13H2. The van der Waals surface area contributed by atoms with E-state index in [9.17, 15) is 25.6 Å². The highest BCUT2D eigenvalue weighted by molar-refractivity contribution is 7.89. The molecule has 2 aromatic heterocycles. The summed E-state index contributed by atoms with van der Waals surface area (Å²) in [6, 6.07) is 23.4. The molecule has 2 fully saturated rings. The van der Waals surface area contributed by atoms with Gasteiger partial charge in [-0.1, -0.05) is 47.5 Å². The first-order chi connectivity index (χ1) is 29.4. The van der Waals surface area contributed by atoms with Gasteiger partial charge in [0, 0.05) is 76.2 Å². The second-order valence-electron chi connectivity index (χ2n) is 14.7. The molecule has 61 heavy (non-hydrogen) atoms. The minimum absolute atomic E-state index is 0.0235. The fourth-order valence-corrected chi connectivity index (χ4v) is 11.5. The van der Waals surface area contributed by atoms with Crippen LogP contribution in [0.5, 0.6) is 0 Å². The molecule has 8 rings (SSSR count). The Balaban J connectivity index is 0.000000184. The third-order valence-corrected chi connectivity index (χ3v) is 15.7. The number of nitrogens with zero attached hydrogens (tertiary/aromatic N) is 6. The van der Waals surface area contributed by atoms with E-state index >= 15 is 0 Å². The number of sulfonamides is 2. The van der Waals surface area contributed by atoms with Crippen molar-refractivity contribution in [3.63, 3.8) is 0 Å². The number of nitrogens with one attached hydrogen (secondary N) is 2. The van der Waals surface area contributed by atoms with Crippen LogP contribution in [0.2, 0.25) is 10.0 Å². The van der Waals surface area contributed by atoms with Crippen LogP contribution in [-0.4, -0.2) is 114 Å². The van der Waals surface area contributed by atoms with Gasteiger partial charge in [-0.05, 0) is 116 Å². The molecule has 0 amide bonds. The Morgan fingerprint density at radius 2 is 0.967 bits per heavy atom. The van der Waals surface area contributed by atoms with Gasteiger partial charge in [-0.3, -0.25) is 9.80 Å². The van der Waals surface area contributed by atoms with Crippen LogP contribution in [0.1, 0.15) is 19.3 Å². The Morgan fingerprint density at radius 3 is 1.41 bits per heavy atom. The molecule has 6 aromatic rings. The summed E-state index contributed by atoms with van der Waals surface area (Å²) in [6.45, 7) is 9.79. The lowest BCUT2D eigenvalue weighted by Gasteiger charge is -2.35. The second-order valence-corrected chi connectivity index (χ2v) is 20.6. The van der Waals surface area contributed by atoms with Crippen molar-refractivity contribution in [2.75, 3.05) is 88.3 Å². The van der Waals surface area contributed by atoms with Crippen LogP contribution in [0, 0.1) is 11.6 Å². The highest BCUT2D eigenvalue weighted by Crippen LogP contribution is 2.31. The quantitative estimate of drug-likeness (QED) is 0.0996. The number of fused-ring (bicyclic) bond motifs is 2. The number of hydrogen-bond donors (Lipinski definition) is 2. The highest BCUT2D eigenvalue weighted by atomic mass is 35.5. The van der Waals surface area contributed by atoms with Gasteiger partial charge in [-0.25, -0.2) is 35.1 Å². The van der Waals surface area contributed by atoms with E-state index in [1.54, 1.807) is 11.5 Å². The van der Waals surface area contributed by atoms with E-state index < -0.39 is 31.7 Å². The zero-order valence-electron chi connectivity index (χ0n) is 33.2. The third-order valence-electron chi connectivity index (χ3n) is 10.6. The van der Waals surface area contributed by atoms with Crippen LogP contribution in [0.15, 0.2) is 94.7 Å². The zero-order chi connectivity index (χ0) is 43.0. The molecule has 0 radical (unpaired) electrons. The van der Waals surface area contributed by atoms with Crippen LogP contribution in [0.25, 0.3) is 20.2 Å². The smallest absolute Gasteiger partial charge is 0.240 e. The van der Waals surface area contributed by atoms with E-state index in [0.717, 1.165) is 114 Å². The Hall–Kier alpha value is -3.56. The van der Waals surface area contributed by atoms with Crippen molar-refractivity contribution >= 4 is 98.1 Å². The molecule has 2 aliphatic heterocycles. The Kier molecular flexibility index (Phi) is 15.5. The molecule has 2 aliphatic rings. The maximum absolute atomic E-state index is 13.2. The Morgan fingerprint density at radius 1 is 0.557 bits per heavy atom. The fraction of sp³-hybridized carbons (Fsp3) is 0.366. The number of aromatic nitrogens is 2. The van der Waals surface area contributed by atoms with E-state index in [1.165, 1.54) is 43.8 Å². The summed E-state index contributed by atoms with van der Waals surface area (Å²) in [7, 11) is -7.38. The van der Waals surface area contributed by atoms with Crippen molar-refractivity contribution < 1.29 is 25.6 Å². The normalized spacial score (nSPS) is 15.7. The van der Waals surface area contributed by atoms with E-state index in [1.807, 2.05) is 18.2 Å². The van der Waals surface area contributed by atoms with Crippen LogP contribution < -0.4 is 19.2 Å². The molecule has 2 N–H and O–H groups in total. The van der Waals surface area contributed by atoms with Crippen LogP contribution in [0.4, 0.5) is 20.4 Å². The molecular formula is C41H46Cl2F2N8O4S4. The Bertz CT molecular complexity index is 2640. The lowest BCUT2D eigenvalue weighted by Crippen LogP contribution is -2.47. The zero-order valence-corrected chi connectivity index (χ0v) is 37.9. The highest BCUT2D eigenvalue weighted by Gasteiger charge is 2.23. The summed E-state index contributed by atoms with van der Waals surface area (Å²) < 4.78 is 92.5. The van der Waals surface area contributed by atoms with Gasteiger partial charge < -0.3 is 9.80 Å². The van der Waals surface area contributed by atoms with Crippen molar-refractivity contribution in [1.29, 1.82) is 0 Å². The van der Waals surface area contributed by atoms with Gasteiger partial charge in [0.2, 0.25) is 20.0 Å². The number of unbranched alkanes of at least 4 members (excludes halogenated alkanes) is 1. The first kappa shape index (κ1) is 45.5. The van der Waals surface area contributed by atoms with Crippen molar-refractivity contribution in [3.8, 4) is 0 Å². The summed E-state index contributed by atoms with van der Waals surface area (Å²) in [6.07, 6.45) is 2.31. The second kappa shape index (κ2) is 20.7. The lowest BCUT2D eigenvalue weighted by atomic mass is 10.2. The summed E-state index contributed by atoms with van der Waals surface area (Å²) in [4.78, 5) is 9.34. The van der Waals surface area contributed by atoms with Crippen molar-refractivity contribution in [2.24, 2.45) is 0 Å². The number of piperazine rings is 2. The molecule has 0 aliphatic carbocycles. The van der Waals surface area contributed by atoms with Gasteiger partial charge >= 0.3 is 0 Å². The number of benzene rings is 4. The van der Waals surface area contributed by atoms with Gasteiger partial charge in [0.1, 0.15) is 23.3 Å². The minimum Gasteiger partial charge on any atom is -0.353 e. The predicted octanol–water partition coefficient (Wildman–Crippen LogP) is 7.55. The Labute approximate surface area is 373 Å². The van der Waals surface area contributed by atoms with Gasteiger partial charge in [0.25, 0.3) is 0 Å². The molecule has 0 unspecified atom stereocenters. The predicted molar refractivity (Wildman–Crippen MR) is 244 cm³/mol. The molecular weight excluding hydrogens is 906 g/mol. The topological polar surface area (TPSA) is 131 Å². The molecule has 0 bridgehead atoms. The summed E-state index contributed by atoms with van der Waals surface area (Å²) in [5.74, 6) is 0.862. The number of hydrogen-bond acceptors (Lipinski definition) is 12. The minimum atomic E-state index is -3.70. The summed E-state index contributed by atoms with van der Waals surface area (Å²) >= 11 is 14.4. The fourth-order valence-electron chi connectivity index (χ4n) is 7.20. The maximum Gasteiger partial charge on any atom is 0.240 e. The molecule has 326 valence electrons. The monoisotopic (exact) mass is 950 g/mol. The third kappa shape index (κ3) is 11.7. The van der Waals surface area contributed by atoms with Gasteiger partial charge in [-0.15, -0.1) is 0 Å². The van der Waals surface area contributed by atoms with Gasteiger partial charge in [-0.2, -0.15) is 8.75 Å². The summed E-state index contributed by atoms with van der Waals surface area (Å²) in [5, 5.41) is 2.01. The van der Waals surface area contributed by atoms with Crippen LogP contribution in [0.3, 0.4) is 0 Å². The molecule has 4 aromatic carbocycles. The molecule has 0 atom stereocenters. The number of rotatable bonds is 15. The van der Waals surface area contributed by atoms with Gasteiger partial charge in [0.05, 0.1) is 29.2 Å². The molecule has 12 nitrogen and oxygen atoms in total. The number of halogens is 4. The molecule has 2 saturated heterocycles. The first-order valence-corrected chi connectivity index (χ1v) is 25.2. The molecule has 0 saturated carbocycles. The van der Waals surface area contributed by atoms with E-state index in [-0.39, 0.29) is 19.8 Å². The van der Waals surface area contributed by atoms with Crippen LogP contribution >= 0.6 is 46.3 Å². The first-order valence-electron chi connectivity index (χ1n) is 19.9. The van der Waals surface area contributed by atoms with Crippen molar-refractivity contribution in [3.05, 3.63) is 107 Å².